The fourth-order valence-electron chi connectivity index (χ4n) is 4.93. The van der Waals surface area contributed by atoms with Crippen LogP contribution in [0.2, 0.25) is 0 Å². The van der Waals surface area contributed by atoms with Crippen molar-refractivity contribution in [2.24, 2.45) is 0 Å². The Bertz CT molecular complexity index is 2030. The molecule has 0 radical (unpaired) electrons. The summed E-state index contributed by atoms with van der Waals surface area (Å²) in [5.74, 6) is -6.84. The standard InChI is InChI=1S/2C17H9F2N2O2.Ir/c2*18-11-8-12(10-4-6-21-15(7-10)17(22)23)16(13(19)9-11)14-3-1-2-5-20-14;/h2*1-6,8-9H,(H,22,23);/q;;+1. The Morgan fingerprint density at radius 3 is 1.32 bits per heavy atom. The van der Waals surface area contributed by atoms with E-state index in [9.17, 15) is 28.6 Å². The van der Waals surface area contributed by atoms with Crippen LogP contribution in [0.1, 0.15) is 21.0 Å². The van der Waals surface area contributed by atoms with E-state index in [0.717, 1.165) is 24.5 Å². The predicted octanol–water partition coefficient (Wildman–Crippen LogP) is 5.92. The summed E-state index contributed by atoms with van der Waals surface area (Å²) in [4.78, 5) is 41.5. The van der Waals surface area contributed by atoms with Gasteiger partial charge in [-0.3, -0.25) is 0 Å². The molecule has 4 heterocycles. The third-order valence-corrected chi connectivity index (χ3v) is 10.5. The summed E-state index contributed by atoms with van der Waals surface area (Å²) in [5.41, 5.74) is -1.01. The van der Waals surface area contributed by atoms with Crippen molar-refractivity contribution in [2.45, 2.75) is 0 Å². The van der Waals surface area contributed by atoms with E-state index < -0.39 is 64.3 Å². The van der Waals surface area contributed by atoms with Crippen LogP contribution in [0, 0.1) is 23.3 Å². The van der Waals surface area contributed by atoms with Crippen LogP contribution in [-0.2, 0) is 17.7 Å². The van der Waals surface area contributed by atoms with Crippen LogP contribution in [0.5, 0.6) is 0 Å². The summed E-state index contributed by atoms with van der Waals surface area (Å²) in [6, 6.07) is 15.5. The van der Waals surface area contributed by atoms with Gasteiger partial charge >= 0.3 is 272 Å². The van der Waals surface area contributed by atoms with Gasteiger partial charge in [-0.2, -0.15) is 0 Å². The molecule has 0 bridgehead atoms. The first-order chi connectivity index (χ1) is 22.6. The second-order valence-electron chi connectivity index (χ2n) is 9.74. The molecule has 0 fully saturated rings. The Morgan fingerprint density at radius 1 is 0.532 bits per heavy atom. The number of rotatable bonds is 8. The molecule has 0 saturated heterocycles. The number of halogens is 4. The molecule has 8 nitrogen and oxygen atoms in total. The van der Waals surface area contributed by atoms with Crippen molar-refractivity contribution < 1.29 is 55.1 Å². The average Bonchev–Trinajstić information content (AvgIpc) is 3.05. The monoisotopic (exact) mass is 815 g/mol. The minimum atomic E-state index is -2.20. The summed E-state index contributed by atoms with van der Waals surface area (Å²) < 4.78 is 60.5. The molecule has 2 N–H and O–H groups in total. The van der Waals surface area contributed by atoms with Gasteiger partial charge in [-0.05, 0) is 0 Å². The van der Waals surface area contributed by atoms with Gasteiger partial charge in [0.1, 0.15) is 0 Å². The van der Waals surface area contributed by atoms with Crippen molar-refractivity contribution in [1.82, 2.24) is 19.9 Å². The molecule has 47 heavy (non-hydrogen) atoms. The van der Waals surface area contributed by atoms with Crippen molar-refractivity contribution >= 4 is 20.1 Å². The zero-order valence-corrected chi connectivity index (χ0v) is 26.0. The van der Waals surface area contributed by atoms with Gasteiger partial charge in [-0.15, -0.1) is 0 Å². The van der Waals surface area contributed by atoms with Gasteiger partial charge in [0.2, 0.25) is 0 Å². The van der Waals surface area contributed by atoms with E-state index in [1.165, 1.54) is 36.7 Å². The normalized spacial score (nSPS) is 11.1. The van der Waals surface area contributed by atoms with Gasteiger partial charge in [-0.1, -0.05) is 0 Å². The number of hydrogen-bond donors (Lipinski definition) is 2. The Balaban J connectivity index is 1.66. The summed E-state index contributed by atoms with van der Waals surface area (Å²) >= 11 is -2.20. The third kappa shape index (κ3) is 6.13. The maximum atomic E-state index is 15.5. The molecule has 0 unspecified atom stereocenters. The summed E-state index contributed by atoms with van der Waals surface area (Å²) in [7, 11) is 0. The third-order valence-electron chi connectivity index (χ3n) is 6.84. The molecular formula is C34H18F4IrN4O4+. The van der Waals surface area contributed by atoms with E-state index >= 15 is 8.78 Å². The molecule has 0 amide bonds. The van der Waals surface area contributed by atoms with Crippen molar-refractivity contribution in [3.63, 3.8) is 0 Å². The van der Waals surface area contributed by atoms with Crippen LogP contribution in [0.15, 0.2) is 97.6 Å². The molecule has 13 heteroatoms. The predicted molar refractivity (Wildman–Crippen MR) is 159 cm³/mol. The summed E-state index contributed by atoms with van der Waals surface area (Å²) in [6.07, 6.45) is 5.13. The molecule has 0 saturated carbocycles. The van der Waals surface area contributed by atoms with Gasteiger partial charge in [0.05, 0.1) is 0 Å². The van der Waals surface area contributed by atoms with Crippen LogP contribution >= 0.6 is 0 Å². The van der Waals surface area contributed by atoms with Crippen LogP contribution in [0.25, 0.3) is 44.8 Å². The number of aromatic carboxylic acids is 2. The van der Waals surface area contributed by atoms with E-state index in [1.807, 2.05) is 0 Å². The van der Waals surface area contributed by atoms with E-state index in [4.69, 9.17) is 0 Å². The minimum absolute atomic E-state index is 0.0183. The Morgan fingerprint density at radius 2 is 0.957 bits per heavy atom. The Labute approximate surface area is 271 Å². The van der Waals surface area contributed by atoms with Crippen molar-refractivity contribution in [2.75, 3.05) is 0 Å². The molecule has 2 aromatic carbocycles. The molecule has 6 aromatic rings. The number of nitrogens with zero attached hydrogens (tertiary/aromatic N) is 4. The molecular weight excluding hydrogens is 797 g/mol. The molecule has 234 valence electrons. The molecule has 0 aliphatic heterocycles. The van der Waals surface area contributed by atoms with Crippen molar-refractivity contribution in [3.8, 4) is 44.8 Å². The molecule has 0 spiro atoms. The summed E-state index contributed by atoms with van der Waals surface area (Å²) in [5, 5.41) is 20.4. The van der Waals surface area contributed by atoms with Crippen LogP contribution in [0.3, 0.4) is 0 Å². The van der Waals surface area contributed by atoms with Crippen molar-refractivity contribution in [1.29, 1.82) is 0 Å². The van der Waals surface area contributed by atoms with Gasteiger partial charge in [0, 0.05) is 0 Å². The fraction of sp³-hybridized carbons (Fsp3) is 0. The number of carbonyl (C=O) groups is 2. The van der Waals surface area contributed by atoms with Crippen LogP contribution in [0.4, 0.5) is 17.6 Å². The van der Waals surface area contributed by atoms with Gasteiger partial charge < -0.3 is 0 Å². The SMILES string of the molecule is O=C(O)c1nccc(-c2cc(F)cc(F)c2-c2ccccn2)[c]1[Ir+][c]1c(-c2cc(F)cc(F)c2-c2ccccn2)ccnc1C(=O)O. The van der Waals surface area contributed by atoms with Gasteiger partial charge in [-0.25, -0.2) is 0 Å². The maximum absolute atomic E-state index is 15.5. The van der Waals surface area contributed by atoms with E-state index in [2.05, 4.69) is 19.9 Å². The average molecular weight is 815 g/mol. The van der Waals surface area contributed by atoms with Crippen LogP contribution < -0.4 is 8.15 Å². The van der Waals surface area contributed by atoms with Crippen LogP contribution in [-0.4, -0.2) is 42.1 Å². The number of carboxylic acids is 2. The number of aromatic nitrogens is 4. The van der Waals surface area contributed by atoms with E-state index in [1.54, 1.807) is 24.3 Å². The molecule has 4 aromatic heterocycles. The molecule has 0 aliphatic carbocycles. The number of pyridine rings is 4. The van der Waals surface area contributed by atoms with E-state index in [-0.39, 0.29) is 52.9 Å². The second kappa shape index (κ2) is 13.0. The molecule has 0 aliphatic rings. The Kier molecular flexibility index (Phi) is 8.66. The molecule has 0 atom stereocenters. The topological polar surface area (TPSA) is 126 Å². The number of benzene rings is 2. The fourth-order valence-corrected chi connectivity index (χ4v) is 8.61. The summed E-state index contributed by atoms with van der Waals surface area (Å²) in [6.45, 7) is 0. The van der Waals surface area contributed by atoms with Gasteiger partial charge in [0.25, 0.3) is 0 Å². The van der Waals surface area contributed by atoms with E-state index in [0.29, 0.717) is 12.1 Å². The second-order valence-corrected chi connectivity index (χ2v) is 12.7. The van der Waals surface area contributed by atoms with Gasteiger partial charge in [0.15, 0.2) is 0 Å². The first kappa shape index (κ1) is 31.3. The van der Waals surface area contributed by atoms with Crippen molar-refractivity contribution in [3.05, 3.63) is 132 Å². The molecule has 6 rings (SSSR count). The zero-order valence-electron chi connectivity index (χ0n) is 23.6. The number of hydrogen-bond acceptors (Lipinski definition) is 6. The number of carboxylic acid groups (broad SMARTS) is 2. The quantitative estimate of drug-likeness (QED) is 0.182. The zero-order chi connectivity index (χ0) is 33.2. The first-order valence-corrected chi connectivity index (χ1v) is 15.9. The first-order valence-electron chi connectivity index (χ1n) is 13.5. The Hall–Kier alpha value is -5.65.